The molecule has 3 rings (SSSR count). The van der Waals surface area contributed by atoms with Crippen LogP contribution in [0, 0.1) is 0 Å². The molecule has 1 aromatic carbocycles. The number of hydrogen-bond donors (Lipinski definition) is 0. The molecule has 0 aliphatic carbocycles. The summed E-state index contributed by atoms with van der Waals surface area (Å²) in [5.74, 6) is 0.337. The van der Waals surface area contributed by atoms with Gasteiger partial charge in [0, 0.05) is 32.7 Å². The molecule has 2 heterocycles. The first-order valence-electron chi connectivity index (χ1n) is 8.46. The van der Waals surface area contributed by atoms with Crippen molar-refractivity contribution in [1.29, 1.82) is 0 Å². The van der Waals surface area contributed by atoms with Gasteiger partial charge < -0.3 is 14.2 Å². The van der Waals surface area contributed by atoms with Crippen LogP contribution in [0.1, 0.15) is 16.1 Å². The second kappa shape index (κ2) is 7.98. The van der Waals surface area contributed by atoms with Crippen LogP contribution >= 0.6 is 0 Å². The van der Waals surface area contributed by atoms with Crippen molar-refractivity contribution in [2.75, 3.05) is 39.8 Å². The highest BCUT2D eigenvalue weighted by atomic mass is 16.3. The fourth-order valence-electron chi connectivity index (χ4n) is 3.00. The van der Waals surface area contributed by atoms with Gasteiger partial charge in [-0.2, -0.15) is 0 Å². The standard InChI is InChI=1S/C19H23N3O3/c1-20(14-16-6-3-2-4-7-16)15-18(23)21-9-11-22(12-10-21)19(24)17-8-5-13-25-17/h2-8,13H,9-12,14-15H2,1H3. The van der Waals surface area contributed by atoms with E-state index in [-0.39, 0.29) is 11.8 Å². The van der Waals surface area contributed by atoms with Crippen LogP contribution in [-0.2, 0) is 11.3 Å². The maximum atomic E-state index is 12.5. The first kappa shape index (κ1) is 17.2. The molecule has 0 atom stereocenters. The molecular formula is C19H23N3O3. The number of nitrogens with zero attached hydrogens (tertiary/aromatic N) is 3. The second-order valence-electron chi connectivity index (χ2n) is 6.31. The van der Waals surface area contributed by atoms with Crippen molar-refractivity contribution in [1.82, 2.24) is 14.7 Å². The van der Waals surface area contributed by atoms with Gasteiger partial charge in [0.15, 0.2) is 5.76 Å². The van der Waals surface area contributed by atoms with E-state index in [0.29, 0.717) is 38.5 Å². The number of carbonyl (C=O) groups is 2. The topological polar surface area (TPSA) is 57.0 Å². The fourth-order valence-corrected chi connectivity index (χ4v) is 3.00. The van der Waals surface area contributed by atoms with E-state index in [2.05, 4.69) is 12.1 Å². The van der Waals surface area contributed by atoms with Crippen molar-refractivity contribution in [3.8, 4) is 0 Å². The number of rotatable bonds is 5. The first-order valence-corrected chi connectivity index (χ1v) is 8.46. The lowest BCUT2D eigenvalue weighted by Gasteiger charge is -2.35. The molecule has 0 N–H and O–H groups in total. The van der Waals surface area contributed by atoms with Gasteiger partial charge in [0.2, 0.25) is 5.91 Å². The molecule has 1 aliphatic rings. The number of carbonyl (C=O) groups excluding carboxylic acids is 2. The van der Waals surface area contributed by atoms with Crippen LogP contribution in [0.5, 0.6) is 0 Å². The van der Waals surface area contributed by atoms with Crippen molar-refractivity contribution in [2.24, 2.45) is 0 Å². The zero-order chi connectivity index (χ0) is 17.6. The molecule has 6 nitrogen and oxygen atoms in total. The molecule has 2 aromatic rings. The third-order valence-electron chi connectivity index (χ3n) is 4.35. The average Bonchev–Trinajstić information content (AvgIpc) is 3.16. The minimum atomic E-state index is -0.113. The van der Waals surface area contributed by atoms with Gasteiger partial charge in [0.05, 0.1) is 12.8 Å². The van der Waals surface area contributed by atoms with Crippen LogP contribution in [0.3, 0.4) is 0 Å². The molecule has 0 bridgehead atoms. The van der Waals surface area contributed by atoms with E-state index in [1.165, 1.54) is 11.8 Å². The molecule has 1 fully saturated rings. The summed E-state index contributed by atoms with van der Waals surface area (Å²) >= 11 is 0. The summed E-state index contributed by atoms with van der Waals surface area (Å²) in [6.45, 7) is 3.31. The minimum absolute atomic E-state index is 0.100. The highest BCUT2D eigenvalue weighted by Crippen LogP contribution is 2.10. The Morgan fingerprint density at radius 1 is 1.00 bits per heavy atom. The maximum absolute atomic E-state index is 12.5. The van der Waals surface area contributed by atoms with Gasteiger partial charge in [0.1, 0.15) is 0 Å². The predicted molar refractivity (Wildman–Crippen MR) is 94.0 cm³/mol. The summed E-state index contributed by atoms with van der Waals surface area (Å²) in [5.41, 5.74) is 1.19. The SMILES string of the molecule is CN(CC(=O)N1CCN(C(=O)c2ccco2)CC1)Cc1ccccc1. The first-order chi connectivity index (χ1) is 12.1. The number of hydrogen-bond acceptors (Lipinski definition) is 4. The number of amides is 2. The van der Waals surface area contributed by atoms with E-state index in [1.54, 1.807) is 17.0 Å². The van der Waals surface area contributed by atoms with Crippen molar-refractivity contribution in [3.05, 3.63) is 60.1 Å². The smallest absolute Gasteiger partial charge is 0.289 e. The Morgan fingerprint density at radius 3 is 2.32 bits per heavy atom. The second-order valence-corrected chi connectivity index (χ2v) is 6.31. The van der Waals surface area contributed by atoms with Crippen molar-refractivity contribution >= 4 is 11.8 Å². The van der Waals surface area contributed by atoms with Gasteiger partial charge >= 0.3 is 0 Å². The molecule has 132 valence electrons. The van der Waals surface area contributed by atoms with Gasteiger partial charge in [-0.05, 0) is 24.7 Å². The largest absolute Gasteiger partial charge is 0.459 e. The van der Waals surface area contributed by atoms with Gasteiger partial charge in [-0.3, -0.25) is 14.5 Å². The molecule has 1 aromatic heterocycles. The number of benzene rings is 1. The lowest BCUT2D eigenvalue weighted by Crippen LogP contribution is -2.52. The van der Waals surface area contributed by atoms with E-state index in [4.69, 9.17) is 4.42 Å². The molecule has 6 heteroatoms. The van der Waals surface area contributed by atoms with Gasteiger partial charge in [0.25, 0.3) is 5.91 Å². The molecule has 0 saturated carbocycles. The maximum Gasteiger partial charge on any atom is 0.289 e. The van der Waals surface area contributed by atoms with Crippen molar-refractivity contribution < 1.29 is 14.0 Å². The van der Waals surface area contributed by atoms with Crippen molar-refractivity contribution in [3.63, 3.8) is 0 Å². The monoisotopic (exact) mass is 341 g/mol. The van der Waals surface area contributed by atoms with Crippen LogP contribution < -0.4 is 0 Å². The Labute approximate surface area is 147 Å². The van der Waals surface area contributed by atoms with Crippen LogP contribution in [-0.4, -0.2) is 66.3 Å². The highest BCUT2D eigenvalue weighted by molar-refractivity contribution is 5.91. The van der Waals surface area contributed by atoms with Gasteiger partial charge in [-0.1, -0.05) is 30.3 Å². The van der Waals surface area contributed by atoms with Gasteiger partial charge in [-0.15, -0.1) is 0 Å². The molecular weight excluding hydrogens is 318 g/mol. The van der Waals surface area contributed by atoms with E-state index in [1.807, 2.05) is 35.0 Å². The lowest BCUT2D eigenvalue weighted by molar-refractivity contribution is -0.133. The van der Waals surface area contributed by atoms with Crippen LogP contribution in [0.25, 0.3) is 0 Å². The molecule has 1 saturated heterocycles. The summed E-state index contributed by atoms with van der Waals surface area (Å²) in [4.78, 5) is 30.3. The fraction of sp³-hybridized carbons (Fsp3) is 0.368. The Kier molecular flexibility index (Phi) is 5.50. The molecule has 2 amide bonds. The quantitative estimate of drug-likeness (QED) is 0.831. The highest BCUT2D eigenvalue weighted by Gasteiger charge is 2.26. The molecule has 0 spiro atoms. The summed E-state index contributed by atoms with van der Waals surface area (Å²) < 4.78 is 5.15. The van der Waals surface area contributed by atoms with E-state index in [0.717, 1.165) is 6.54 Å². The Hall–Kier alpha value is -2.60. The van der Waals surface area contributed by atoms with Crippen LogP contribution in [0.2, 0.25) is 0 Å². The average molecular weight is 341 g/mol. The summed E-state index contributed by atoms with van der Waals surface area (Å²) in [7, 11) is 1.95. The van der Waals surface area contributed by atoms with E-state index in [9.17, 15) is 9.59 Å². The third-order valence-corrected chi connectivity index (χ3v) is 4.35. The Bertz CT molecular complexity index is 692. The normalized spacial score (nSPS) is 14.8. The third kappa shape index (κ3) is 4.48. The lowest BCUT2D eigenvalue weighted by atomic mass is 10.2. The summed E-state index contributed by atoms with van der Waals surface area (Å²) in [5, 5.41) is 0. The molecule has 0 unspecified atom stereocenters. The number of likely N-dealkylation sites (N-methyl/N-ethyl adjacent to an activating group) is 1. The van der Waals surface area contributed by atoms with Crippen LogP contribution in [0.4, 0.5) is 0 Å². The number of piperazine rings is 1. The number of furan rings is 1. The molecule has 0 radical (unpaired) electrons. The Morgan fingerprint density at radius 2 is 1.68 bits per heavy atom. The zero-order valence-corrected chi connectivity index (χ0v) is 14.4. The summed E-state index contributed by atoms with van der Waals surface area (Å²) in [6, 6.07) is 13.5. The predicted octanol–water partition coefficient (Wildman–Crippen LogP) is 1.70. The Balaban J connectivity index is 1.46. The van der Waals surface area contributed by atoms with Crippen LogP contribution in [0.15, 0.2) is 53.1 Å². The molecule has 25 heavy (non-hydrogen) atoms. The van der Waals surface area contributed by atoms with Crippen molar-refractivity contribution in [2.45, 2.75) is 6.54 Å². The zero-order valence-electron chi connectivity index (χ0n) is 14.4. The summed E-state index contributed by atoms with van der Waals surface area (Å²) in [6.07, 6.45) is 1.50. The molecule has 1 aliphatic heterocycles. The van der Waals surface area contributed by atoms with Gasteiger partial charge in [-0.25, -0.2) is 0 Å². The van der Waals surface area contributed by atoms with E-state index >= 15 is 0 Å². The minimum Gasteiger partial charge on any atom is -0.459 e. The van der Waals surface area contributed by atoms with E-state index < -0.39 is 0 Å².